The van der Waals surface area contributed by atoms with E-state index in [1.54, 1.807) is 26.8 Å². The molecule has 1 aliphatic heterocycles. The van der Waals surface area contributed by atoms with Crippen molar-refractivity contribution in [3.05, 3.63) is 62.6 Å². The molecule has 3 rings (SSSR count). The summed E-state index contributed by atoms with van der Waals surface area (Å²) in [7, 11) is 0. The quantitative estimate of drug-likeness (QED) is 0.582. The number of carbonyl (C=O) groups excluding carboxylic acids is 3. The van der Waals surface area contributed by atoms with E-state index in [9.17, 15) is 24.5 Å². The van der Waals surface area contributed by atoms with Crippen LogP contribution in [0.25, 0.3) is 0 Å². The molecule has 1 aromatic heterocycles. The van der Waals surface area contributed by atoms with Crippen molar-refractivity contribution in [2.45, 2.75) is 39.7 Å². The Hall–Kier alpha value is -3.69. The fraction of sp³-hybridized carbons (Fsp3) is 0.350. The Morgan fingerprint density at radius 2 is 1.90 bits per heavy atom. The normalized spacial score (nSPS) is 15.7. The number of benzene rings is 1. The number of hydrogen-bond donors (Lipinski definition) is 2. The van der Waals surface area contributed by atoms with Gasteiger partial charge in [0.2, 0.25) is 0 Å². The number of likely N-dealkylation sites (tertiary alicyclic amines) is 1. The summed E-state index contributed by atoms with van der Waals surface area (Å²) in [4.78, 5) is 49.6. The van der Waals surface area contributed by atoms with Gasteiger partial charge < -0.3 is 9.32 Å². The van der Waals surface area contributed by atoms with Gasteiger partial charge in [-0.15, -0.1) is 0 Å². The van der Waals surface area contributed by atoms with Crippen LogP contribution in [0.2, 0.25) is 0 Å². The lowest BCUT2D eigenvalue weighted by molar-refractivity contribution is -0.385. The van der Waals surface area contributed by atoms with Crippen LogP contribution in [-0.2, 0) is 4.79 Å². The second-order valence-corrected chi connectivity index (χ2v) is 7.19. The number of carbonyl (C=O) groups is 3. The maximum Gasteiger partial charge on any atom is 0.273 e. The Bertz CT molecular complexity index is 1030. The Balaban J connectivity index is 1.67. The molecule has 1 fully saturated rings. The molecule has 1 aromatic carbocycles. The third-order valence-corrected chi connectivity index (χ3v) is 5.04. The minimum Gasteiger partial charge on any atom is -0.466 e. The topological polar surface area (TPSA) is 135 Å². The molecule has 0 saturated carbocycles. The average Bonchev–Trinajstić information content (AvgIpc) is 3.31. The molecule has 0 bridgehead atoms. The Kier molecular flexibility index (Phi) is 5.86. The van der Waals surface area contributed by atoms with E-state index in [1.165, 1.54) is 23.1 Å². The Morgan fingerprint density at radius 3 is 2.50 bits per heavy atom. The molecule has 10 heteroatoms. The van der Waals surface area contributed by atoms with Crippen molar-refractivity contribution in [3.8, 4) is 0 Å². The van der Waals surface area contributed by atoms with E-state index in [-0.39, 0.29) is 11.3 Å². The van der Waals surface area contributed by atoms with Gasteiger partial charge in [0.05, 0.1) is 10.5 Å². The zero-order chi connectivity index (χ0) is 22.0. The summed E-state index contributed by atoms with van der Waals surface area (Å²) >= 11 is 0. The van der Waals surface area contributed by atoms with E-state index in [4.69, 9.17) is 4.42 Å². The second kappa shape index (κ2) is 8.36. The van der Waals surface area contributed by atoms with Crippen LogP contribution in [0.1, 0.15) is 50.6 Å². The number of rotatable bonds is 4. The van der Waals surface area contributed by atoms with Crippen molar-refractivity contribution in [2.24, 2.45) is 0 Å². The van der Waals surface area contributed by atoms with Gasteiger partial charge in [-0.1, -0.05) is 0 Å². The largest absolute Gasteiger partial charge is 0.466 e. The van der Waals surface area contributed by atoms with Gasteiger partial charge in [-0.25, -0.2) is 0 Å². The van der Waals surface area contributed by atoms with Gasteiger partial charge in [0.15, 0.2) is 0 Å². The van der Waals surface area contributed by atoms with Crippen molar-refractivity contribution < 1.29 is 23.7 Å². The lowest BCUT2D eigenvalue weighted by atomic mass is 10.1. The number of amides is 3. The highest BCUT2D eigenvalue weighted by molar-refractivity contribution is 6.00. The summed E-state index contributed by atoms with van der Waals surface area (Å²) in [5.41, 5.74) is 5.59. The maximum atomic E-state index is 12.9. The summed E-state index contributed by atoms with van der Waals surface area (Å²) in [6.45, 7) is 5.29. The Morgan fingerprint density at radius 1 is 1.17 bits per heavy atom. The number of nitro benzene ring substituents is 1. The predicted octanol–water partition coefficient (Wildman–Crippen LogP) is 2.18. The Labute approximate surface area is 172 Å². The zero-order valence-corrected chi connectivity index (χ0v) is 16.9. The molecule has 1 atom stereocenters. The fourth-order valence-electron chi connectivity index (χ4n) is 3.57. The molecular formula is C20H22N4O6. The van der Waals surface area contributed by atoms with E-state index in [0.717, 1.165) is 0 Å². The van der Waals surface area contributed by atoms with Crippen molar-refractivity contribution in [2.75, 3.05) is 6.54 Å². The van der Waals surface area contributed by atoms with Gasteiger partial charge >= 0.3 is 0 Å². The third kappa shape index (κ3) is 4.17. The van der Waals surface area contributed by atoms with Gasteiger partial charge in [-0.3, -0.25) is 35.3 Å². The van der Waals surface area contributed by atoms with Gasteiger partial charge in [-0.2, -0.15) is 0 Å². The molecule has 10 nitrogen and oxygen atoms in total. The second-order valence-electron chi connectivity index (χ2n) is 7.19. The number of nitrogens with one attached hydrogen (secondary N) is 2. The van der Waals surface area contributed by atoms with Gasteiger partial charge in [-0.05, 0) is 51.8 Å². The predicted molar refractivity (Wildman–Crippen MR) is 106 cm³/mol. The third-order valence-electron chi connectivity index (χ3n) is 5.04. The molecule has 1 aliphatic rings. The molecule has 2 heterocycles. The van der Waals surface area contributed by atoms with Crippen molar-refractivity contribution >= 4 is 23.4 Å². The summed E-state index contributed by atoms with van der Waals surface area (Å²) in [5, 5.41) is 11.0. The van der Waals surface area contributed by atoms with Crippen molar-refractivity contribution in [1.82, 2.24) is 15.8 Å². The molecule has 0 radical (unpaired) electrons. The number of nitro groups is 1. The molecule has 0 spiro atoms. The summed E-state index contributed by atoms with van der Waals surface area (Å²) < 4.78 is 5.30. The van der Waals surface area contributed by atoms with Crippen molar-refractivity contribution in [3.63, 3.8) is 0 Å². The maximum absolute atomic E-state index is 12.9. The van der Waals surface area contributed by atoms with Crippen LogP contribution in [0.15, 0.2) is 28.7 Å². The molecule has 1 saturated heterocycles. The highest BCUT2D eigenvalue weighted by Crippen LogP contribution is 2.24. The van der Waals surface area contributed by atoms with Crippen LogP contribution in [0, 0.1) is 30.9 Å². The van der Waals surface area contributed by atoms with Crippen LogP contribution >= 0.6 is 0 Å². The lowest BCUT2D eigenvalue weighted by Gasteiger charge is -2.24. The van der Waals surface area contributed by atoms with E-state index in [0.29, 0.717) is 42.0 Å². The first-order valence-electron chi connectivity index (χ1n) is 9.42. The summed E-state index contributed by atoms with van der Waals surface area (Å²) in [6.07, 6.45) is 1.08. The highest BCUT2D eigenvalue weighted by Gasteiger charge is 2.35. The molecule has 3 amide bonds. The number of furan rings is 1. The fourth-order valence-corrected chi connectivity index (χ4v) is 3.57. The van der Waals surface area contributed by atoms with Crippen LogP contribution < -0.4 is 10.9 Å². The molecule has 1 unspecified atom stereocenters. The average molecular weight is 414 g/mol. The first-order valence-corrected chi connectivity index (χ1v) is 9.42. The van der Waals surface area contributed by atoms with E-state index in [1.807, 2.05) is 0 Å². The minimum atomic E-state index is -0.750. The molecular weight excluding hydrogens is 392 g/mol. The van der Waals surface area contributed by atoms with Gasteiger partial charge in [0.1, 0.15) is 17.6 Å². The first-order chi connectivity index (χ1) is 14.2. The smallest absolute Gasteiger partial charge is 0.273 e. The SMILES string of the molecule is Cc1cc(C(=O)NNC(=O)C2CCCN2C(=O)c2ccc([N+](=O)[O-])c(C)c2)c(C)o1. The van der Waals surface area contributed by atoms with E-state index >= 15 is 0 Å². The minimum absolute atomic E-state index is 0.0743. The van der Waals surface area contributed by atoms with Gasteiger partial charge in [0.25, 0.3) is 23.4 Å². The van der Waals surface area contributed by atoms with Crippen LogP contribution in [0.5, 0.6) is 0 Å². The molecule has 2 N–H and O–H groups in total. The standard InChI is InChI=1S/C20H22N4O6/c1-11-9-14(6-7-16(11)24(28)29)20(27)23-8-4-5-17(23)19(26)22-21-18(25)15-10-12(2)30-13(15)3/h6-7,9-10,17H,4-5,8H2,1-3H3,(H,21,25)(H,22,26). The van der Waals surface area contributed by atoms with E-state index in [2.05, 4.69) is 10.9 Å². The number of nitrogens with zero attached hydrogens (tertiary/aromatic N) is 2. The zero-order valence-electron chi connectivity index (χ0n) is 16.9. The lowest BCUT2D eigenvalue weighted by Crippen LogP contribution is -2.51. The van der Waals surface area contributed by atoms with Crippen molar-refractivity contribution in [1.29, 1.82) is 0 Å². The molecule has 0 aliphatic carbocycles. The monoisotopic (exact) mass is 414 g/mol. The van der Waals surface area contributed by atoms with Crippen LogP contribution in [0.3, 0.4) is 0 Å². The number of hydrogen-bond acceptors (Lipinski definition) is 6. The summed E-state index contributed by atoms with van der Waals surface area (Å²) in [6, 6.07) is 4.93. The van der Waals surface area contributed by atoms with Crippen LogP contribution in [0.4, 0.5) is 5.69 Å². The van der Waals surface area contributed by atoms with Crippen LogP contribution in [-0.4, -0.2) is 40.1 Å². The molecule has 30 heavy (non-hydrogen) atoms. The highest BCUT2D eigenvalue weighted by atomic mass is 16.6. The van der Waals surface area contributed by atoms with E-state index < -0.39 is 28.7 Å². The molecule has 2 aromatic rings. The summed E-state index contributed by atoms with van der Waals surface area (Å²) in [5.74, 6) is -0.399. The van der Waals surface area contributed by atoms with Gasteiger partial charge in [0, 0.05) is 23.7 Å². The number of aryl methyl sites for hydroxylation is 3. The number of hydrazine groups is 1. The molecule has 158 valence electrons. The first kappa shape index (κ1) is 21.0.